The SMILES string of the molecule is O=C(C=Cc1cc(CO)cs1)N1CCCCC1c1nccs1. The van der Waals surface area contributed by atoms with E-state index in [-0.39, 0.29) is 18.6 Å². The second-order valence-electron chi connectivity index (χ2n) is 5.26. The number of hydrogen-bond donors (Lipinski definition) is 1. The van der Waals surface area contributed by atoms with Gasteiger partial charge in [0.05, 0.1) is 12.6 Å². The number of amides is 1. The Kier molecular flexibility index (Phi) is 5.02. The average molecular weight is 334 g/mol. The van der Waals surface area contributed by atoms with Crippen molar-refractivity contribution in [2.75, 3.05) is 6.54 Å². The maximum Gasteiger partial charge on any atom is 0.247 e. The molecule has 22 heavy (non-hydrogen) atoms. The van der Waals surface area contributed by atoms with Crippen molar-refractivity contribution < 1.29 is 9.90 Å². The third-order valence-corrected chi connectivity index (χ3v) is 5.59. The molecule has 0 radical (unpaired) electrons. The normalized spacial score (nSPS) is 19.0. The molecule has 1 atom stereocenters. The van der Waals surface area contributed by atoms with E-state index in [9.17, 15) is 4.79 Å². The molecule has 2 aromatic heterocycles. The Morgan fingerprint density at radius 2 is 2.36 bits per heavy atom. The smallest absolute Gasteiger partial charge is 0.247 e. The fourth-order valence-corrected chi connectivity index (χ4v) is 4.25. The lowest BCUT2D eigenvalue weighted by atomic mass is 10.0. The summed E-state index contributed by atoms with van der Waals surface area (Å²) >= 11 is 3.15. The molecular formula is C16H18N2O2S2. The van der Waals surface area contributed by atoms with Crippen molar-refractivity contribution in [2.45, 2.75) is 31.9 Å². The van der Waals surface area contributed by atoms with Gasteiger partial charge in [0.25, 0.3) is 0 Å². The highest BCUT2D eigenvalue weighted by molar-refractivity contribution is 7.11. The largest absolute Gasteiger partial charge is 0.392 e. The maximum absolute atomic E-state index is 12.5. The quantitative estimate of drug-likeness (QED) is 0.871. The first-order chi connectivity index (χ1) is 10.8. The van der Waals surface area contributed by atoms with Crippen LogP contribution in [0.25, 0.3) is 6.08 Å². The van der Waals surface area contributed by atoms with Crippen molar-refractivity contribution in [3.8, 4) is 0 Å². The average Bonchev–Trinajstić information content (AvgIpc) is 3.24. The summed E-state index contributed by atoms with van der Waals surface area (Å²) < 4.78 is 0. The molecule has 0 saturated carbocycles. The van der Waals surface area contributed by atoms with E-state index in [1.54, 1.807) is 23.6 Å². The van der Waals surface area contributed by atoms with Crippen molar-refractivity contribution in [3.63, 3.8) is 0 Å². The fraction of sp³-hybridized carbons (Fsp3) is 0.375. The minimum Gasteiger partial charge on any atom is -0.392 e. The molecule has 0 aromatic carbocycles. The molecule has 1 saturated heterocycles. The predicted octanol–water partition coefficient (Wildman–Crippen LogP) is 3.46. The first-order valence-electron chi connectivity index (χ1n) is 7.34. The van der Waals surface area contributed by atoms with Gasteiger partial charge in [-0.2, -0.15) is 0 Å². The highest BCUT2D eigenvalue weighted by Crippen LogP contribution is 2.32. The zero-order chi connectivity index (χ0) is 15.4. The van der Waals surface area contributed by atoms with Gasteiger partial charge in [-0.1, -0.05) is 0 Å². The number of aliphatic hydroxyl groups excluding tert-OH is 1. The third kappa shape index (κ3) is 3.45. The van der Waals surface area contributed by atoms with Gasteiger partial charge < -0.3 is 10.0 Å². The molecule has 1 fully saturated rings. The molecule has 0 bridgehead atoms. The molecule has 1 N–H and O–H groups in total. The number of carbonyl (C=O) groups excluding carboxylic acids is 1. The summed E-state index contributed by atoms with van der Waals surface area (Å²) in [6.07, 6.45) is 8.45. The molecule has 3 heterocycles. The van der Waals surface area contributed by atoms with E-state index in [4.69, 9.17) is 5.11 Å². The summed E-state index contributed by atoms with van der Waals surface area (Å²) in [4.78, 5) is 19.8. The third-order valence-electron chi connectivity index (χ3n) is 3.77. The van der Waals surface area contributed by atoms with Crippen LogP contribution < -0.4 is 0 Å². The number of rotatable bonds is 4. The van der Waals surface area contributed by atoms with Gasteiger partial charge in [-0.15, -0.1) is 22.7 Å². The van der Waals surface area contributed by atoms with Gasteiger partial charge in [0.2, 0.25) is 5.91 Å². The van der Waals surface area contributed by atoms with Crippen LogP contribution in [0.3, 0.4) is 0 Å². The summed E-state index contributed by atoms with van der Waals surface area (Å²) in [5.41, 5.74) is 0.885. The maximum atomic E-state index is 12.5. The van der Waals surface area contributed by atoms with Crippen molar-refractivity contribution in [1.29, 1.82) is 0 Å². The van der Waals surface area contributed by atoms with Crippen LogP contribution in [0, 0.1) is 0 Å². The van der Waals surface area contributed by atoms with Crippen LogP contribution in [-0.2, 0) is 11.4 Å². The molecule has 1 unspecified atom stereocenters. The Hall–Kier alpha value is -1.50. The topological polar surface area (TPSA) is 53.4 Å². The van der Waals surface area contributed by atoms with E-state index in [2.05, 4.69) is 4.98 Å². The van der Waals surface area contributed by atoms with Gasteiger partial charge in [-0.25, -0.2) is 4.98 Å². The molecule has 3 rings (SSSR count). The molecule has 1 aliphatic heterocycles. The zero-order valence-electron chi connectivity index (χ0n) is 12.1. The minimum absolute atomic E-state index is 0.0382. The number of hydrogen-bond acceptors (Lipinski definition) is 5. The molecule has 2 aromatic rings. The van der Waals surface area contributed by atoms with Gasteiger partial charge >= 0.3 is 0 Å². The first kappa shape index (κ1) is 15.4. The minimum atomic E-state index is 0.0382. The number of piperidine rings is 1. The summed E-state index contributed by atoms with van der Waals surface area (Å²) in [6.45, 7) is 0.830. The van der Waals surface area contributed by atoms with Gasteiger partial charge in [-0.05, 0) is 42.3 Å². The monoisotopic (exact) mass is 334 g/mol. The Morgan fingerprint density at radius 3 is 3.09 bits per heavy atom. The molecule has 1 amide bonds. The van der Waals surface area contributed by atoms with Gasteiger partial charge in [0.1, 0.15) is 5.01 Å². The van der Waals surface area contributed by atoms with Crippen LogP contribution in [0.4, 0.5) is 0 Å². The number of aliphatic hydroxyl groups is 1. The van der Waals surface area contributed by atoms with E-state index < -0.39 is 0 Å². The van der Waals surface area contributed by atoms with E-state index in [0.717, 1.165) is 41.3 Å². The number of nitrogens with zero attached hydrogens (tertiary/aromatic N) is 2. The van der Waals surface area contributed by atoms with Gasteiger partial charge in [0.15, 0.2) is 0 Å². The van der Waals surface area contributed by atoms with Crippen molar-refractivity contribution in [3.05, 3.63) is 44.5 Å². The highest BCUT2D eigenvalue weighted by Gasteiger charge is 2.28. The van der Waals surface area contributed by atoms with E-state index in [1.807, 2.05) is 27.8 Å². The van der Waals surface area contributed by atoms with Crippen LogP contribution in [0.1, 0.15) is 40.8 Å². The molecule has 0 spiro atoms. The summed E-state index contributed by atoms with van der Waals surface area (Å²) in [7, 11) is 0. The van der Waals surface area contributed by atoms with E-state index in [1.165, 1.54) is 11.3 Å². The number of carbonyl (C=O) groups is 1. The summed E-state index contributed by atoms with van der Waals surface area (Å²) in [5.74, 6) is 0.0406. The molecule has 4 nitrogen and oxygen atoms in total. The number of thiazole rings is 1. The standard InChI is InChI=1S/C16H18N2O2S2/c19-10-12-9-13(22-11-12)4-5-15(20)18-7-2-1-3-14(18)16-17-6-8-21-16/h4-6,8-9,11,14,19H,1-3,7,10H2. The molecule has 6 heteroatoms. The zero-order valence-corrected chi connectivity index (χ0v) is 13.8. The van der Waals surface area contributed by atoms with Crippen molar-refractivity contribution >= 4 is 34.7 Å². The fourth-order valence-electron chi connectivity index (χ4n) is 2.67. The Bertz CT molecular complexity index is 649. The lowest BCUT2D eigenvalue weighted by Crippen LogP contribution is -2.37. The van der Waals surface area contributed by atoms with Crippen LogP contribution in [-0.4, -0.2) is 27.4 Å². The predicted molar refractivity (Wildman–Crippen MR) is 89.7 cm³/mol. The van der Waals surface area contributed by atoms with Gasteiger partial charge in [0, 0.05) is 29.1 Å². The van der Waals surface area contributed by atoms with E-state index >= 15 is 0 Å². The Labute approximate surface area is 137 Å². The lowest BCUT2D eigenvalue weighted by molar-refractivity contribution is -0.129. The Morgan fingerprint density at radius 1 is 1.45 bits per heavy atom. The molecule has 1 aliphatic rings. The summed E-state index contributed by atoms with van der Waals surface area (Å²) in [5, 5.41) is 14.0. The first-order valence-corrected chi connectivity index (χ1v) is 9.10. The van der Waals surface area contributed by atoms with Crippen LogP contribution >= 0.6 is 22.7 Å². The van der Waals surface area contributed by atoms with Crippen LogP contribution in [0.2, 0.25) is 0 Å². The van der Waals surface area contributed by atoms with E-state index in [0.29, 0.717) is 0 Å². The number of aromatic nitrogens is 1. The van der Waals surface area contributed by atoms with Crippen LogP contribution in [0.5, 0.6) is 0 Å². The van der Waals surface area contributed by atoms with Crippen LogP contribution in [0.15, 0.2) is 29.1 Å². The second-order valence-corrected chi connectivity index (χ2v) is 7.13. The lowest BCUT2D eigenvalue weighted by Gasteiger charge is -2.33. The molecule has 0 aliphatic carbocycles. The second kappa shape index (κ2) is 7.17. The molecule has 116 valence electrons. The highest BCUT2D eigenvalue weighted by atomic mass is 32.1. The number of thiophene rings is 1. The molecular weight excluding hydrogens is 316 g/mol. The number of likely N-dealkylation sites (tertiary alicyclic amines) is 1. The summed E-state index contributed by atoms with van der Waals surface area (Å²) in [6, 6.07) is 2.02. The van der Waals surface area contributed by atoms with Gasteiger partial charge in [-0.3, -0.25) is 4.79 Å². The van der Waals surface area contributed by atoms with Crippen molar-refractivity contribution in [1.82, 2.24) is 9.88 Å². The Balaban J connectivity index is 1.71. The van der Waals surface area contributed by atoms with Crippen molar-refractivity contribution in [2.24, 2.45) is 0 Å².